The fourth-order valence-corrected chi connectivity index (χ4v) is 4.08. The Morgan fingerprint density at radius 1 is 1.23 bits per heavy atom. The van der Waals surface area contributed by atoms with Crippen LogP contribution in [0.1, 0.15) is 22.8 Å². The molecule has 4 rings (SSSR count). The molecule has 1 aliphatic heterocycles. The van der Waals surface area contributed by atoms with Gasteiger partial charge in [-0.15, -0.1) is 0 Å². The van der Waals surface area contributed by atoms with Crippen LogP contribution in [0.2, 0.25) is 5.02 Å². The van der Waals surface area contributed by atoms with Crippen molar-refractivity contribution in [1.29, 1.82) is 0 Å². The third-order valence-corrected chi connectivity index (χ3v) is 5.62. The predicted molar refractivity (Wildman–Crippen MR) is 119 cm³/mol. The summed E-state index contributed by atoms with van der Waals surface area (Å²) in [5.74, 6) is 1.43. The van der Waals surface area contributed by atoms with E-state index in [1.54, 1.807) is 32.5 Å². The molecular weight excluding hydrogens is 420 g/mol. The maximum atomic E-state index is 13.1. The number of carbonyl (C=O) groups excluding carboxylic acids is 1. The van der Waals surface area contributed by atoms with Crippen molar-refractivity contribution in [3.8, 4) is 17.2 Å². The van der Waals surface area contributed by atoms with E-state index in [1.165, 1.54) is 0 Å². The van der Waals surface area contributed by atoms with Gasteiger partial charge in [0.2, 0.25) is 5.43 Å². The number of carbonyl (C=O) groups is 1. The number of ether oxygens (including phenoxy) is 3. The van der Waals surface area contributed by atoms with E-state index in [9.17, 15) is 9.59 Å². The van der Waals surface area contributed by atoms with Gasteiger partial charge in [-0.1, -0.05) is 17.7 Å². The summed E-state index contributed by atoms with van der Waals surface area (Å²) in [7, 11) is 3.15. The van der Waals surface area contributed by atoms with E-state index in [2.05, 4.69) is 5.32 Å². The summed E-state index contributed by atoms with van der Waals surface area (Å²) in [4.78, 5) is 25.9. The van der Waals surface area contributed by atoms with Crippen LogP contribution >= 0.6 is 11.6 Å². The fraction of sp³-hybridized carbons (Fsp3) is 0.304. The molecule has 0 fully saturated rings. The Morgan fingerprint density at radius 2 is 2.00 bits per heavy atom. The van der Waals surface area contributed by atoms with Crippen molar-refractivity contribution in [1.82, 2.24) is 9.88 Å². The molecule has 162 valence electrons. The lowest BCUT2D eigenvalue weighted by molar-refractivity contribution is 0.0951. The first kappa shape index (κ1) is 21.1. The summed E-state index contributed by atoms with van der Waals surface area (Å²) in [5, 5.41) is 3.44. The summed E-state index contributed by atoms with van der Waals surface area (Å²) in [6.45, 7) is 2.82. The molecular formula is C23H23ClN2O5. The molecule has 1 amide bonds. The number of amides is 1. The smallest absolute Gasteiger partial charge is 0.256 e. The standard InChI is InChI=1S/C23H23ClN2O5/c1-13-11-26-12-15(22(27)20-16(24)5-7-18(31-13)21(20)26)23(28)25-9-8-14-4-6-17(29-2)19(10-14)30-3/h4-7,10,12-13H,8-9,11H2,1-3H3,(H,25,28)/t13-/m0/s1. The van der Waals surface area contributed by atoms with Crippen molar-refractivity contribution in [3.63, 3.8) is 0 Å². The van der Waals surface area contributed by atoms with Gasteiger partial charge in [-0.25, -0.2) is 0 Å². The third kappa shape index (κ3) is 3.93. The van der Waals surface area contributed by atoms with Crippen LogP contribution in [-0.4, -0.2) is 37.3 Å². The molecule has 1 aliphatic rings. The minimum absolute atomic E-state index is 0.0629. The number of rotatable bonds is 6. The zero-order valence-electron chi connectivity index (χ0n) is 17.5. The molecule has 0 bridgehead atoms. The average Bonchev–Trinajstić information content (AvgIpc) is 2.76. The monoisotopic (exact) mass is 442 g/mol. The van der Waals surface area contributed by atoms with Gasteiger partial charge in [-0.3, -0.25) is 9.59 Å². The van der Waals surface area contributed by atoms with Gasteiger partial charge in [0, 0.05) is 12.7 Å². The maximum Gasteiger partial charge on any atom is 0.256 e. The zero-order valence-corrected chi connectivity index (χ0v) is 18.3. The van der Waals surface area contributed by atoms with Gasteiger partial charge in [0.05, 0.1) is 36.7 Å². The van der Waals surface area contributed by atoms with Gasteiger partial charge in [-0.05, 0) is 43.2 Å². The average molecular weight is 443 g/mol. The van der Waals surface area contributed by atoms with Crippen molar-refractivity contribution in [2.45, 2.75) is 26.0 Å². The van der Waals surface area contributed by atoms with Crippen LogP contribution in [0.5, 0.6) is 17.2 Å². The van der Waals surface area contributed by atoms with Crippen molar-refractivity contribution in [2.75, 3.05) is 20.8 Å². The van der Waals surface area contributed by atoms with Crippen LogP contribution in [0, 0.1) is 0 Å². The second kappa shape index (κ2) is 8.51. The second-order valence-electron chi connectivity index (χ2n) is 7.42. The van der Waals surface area contributed by atoms with Gasteiger partial charge in [0.25, 0.3) is 5.91 Å². The van der Waals surface area contributed by atoms with Crippen LogP contribution in [0.25, 0.3) is 10.9 Å². The van der Waals surface area contributed by atoms with Crippen molar-refractivity contribution in [2.24, 2.45) is 0 Å². The molecule has 2 aromatic carbocycles. The summed E-state index contributed by atoms with van der Waals surface area (Å²) < 4.78 is 18.2. The SMILES string of the molecule is COc1ccc(CCNC(=O)c2cn3c4c(ccc(Cl)c4c2=O)O[C@@H](C)C3)cc1OC. The van der Waals surface area contributed by atoms with Crippen LogP contribution in [-0.2, 0) is 13.0 Å². The summed E-state index contributed by atoms with van der Waals surface area (Å²) >= 11 is 6.32. The molecule has 7 nitrogen and oxygen atoms in total. The Morgan fingerprint density at radius 3 is 2.74 bits per heavy atom. The van der Waals surface area contributed by atoms with E-state index in [1.807, 2.05) is 29.7 Å². The molecule has 8 heteroatoms. The number of pyridine rings is 1. The highest BCUT2D eigenvalue weighted by Crippen LogP contribution is 2.33. The maximum absolute atomic E-state index is 13.1. The van der Waals surface area contributed by atoms with Crippen molar-refractivity contribution < 1.29 is 19.0 Å². The lowest BCUT2D eigenvalue weighted by atomic mass is 10.1. The first-order valence-electron chi connectivity index (χ1n) is 9.94. The Kier molecular flexibility index (Phi) is 5.78. The zero-order chi connectivity index (χ0) is 22.1. The van der Waals surface area contributed by atoms with Gasteiger partial charge in [-0.2, -0.15) is 0 Å². The van der Waals surface area contributed by atoms with Crippen LogP contribution in [0.4, 0.5) is 0 Å². The largest absolute Gasteiger partial charge is 0.493 e. The van der Waals surface area contributed by atoms with Crippen LogP contribution < -0.4 is 25.0 Å². The normalized spacial score (nSPS) is 14.8. The highest BCUT2D eigenvalue weighted by Gasteiger charge is 2.24. The first-order chi connectivity index (χ1) is 14.9. The molecule has 0 spiro atoms. The molecule has 2 heterocycles. The first-order valence-corrected chi connectivity index (χ1v) is 10.3. The van der Waals surface area contributed by atoms with Crippen molar-refractivity contribution in [3.05, 3.63) is 62.9 Å². The molecule has 0 radical (unpaired) electrons. The molecule has 31 heavy (non-hydrogen) atoms. The van der Waals surface area contributed by atoms with Gasteiger partial charge in [0.15, 0.2) is 11.5 Å². The van der Waals surface area contributed by atoms with E-state index in [0.717, 1.165) is 5.56 Å². The molecule has 3 aromatic rings. The minimum Gasteiger partial charge on any atom is -0.493 e. The number of benzene rings is 2. The van der Waals surface area contributed by atoms with E-state index >= 15 is 0 Å². The highest BCUT2D eigenvalue weighted by atomic mass is 35.5. The summed E-state index contributed by atoms with van der Waals surface area (Å²) in [6.07, 6.45) is 2.08. The van der Waals surface area contributed by atoms with E-state index < -0.39 is 11.3 Å². The number of aromatic nitrogens is 1. The Bertz CT molecular complexity index is 1220. The van der Waals surface area contributed by atoms with Gasteiger partial charge < -0.3 is 24.1 Å². The molecule has 1 atom stereocenters. The van der Waals surface area contributed by atoms with E-state index in [0.29, 0.717) is 52.7 Å². The Balaban J connectivity index is 1.57. The Labute approximate surface area is 184 Å². The van der Waals surface area contributed by atoms with E-state index in [-0.39, 0.29) is 11.7 Å². The molecule has 0 saturated heterocycles. The lowest BCUT2D eigenvalue weighted by Gasteiger charge is -2.26. The minimum atomic E-state index is -0.434. The molecule has 0 unspecified atom stereocenters. The fourth-order valence-electron chi connectivity index (χ4n) is 3.85. The quantitative estimate of drug-likeness (QED) is 0.632. The summed E-state index contributed by atoms with van der Waals surface area (Å²) in [6, 6.07) is 8.97. The number of nitrogens with zero attached hydrogens (tertiary/aromatic N) is 1. The topological polar surface area (TPSA) is 78.8 Å². The Hall–Kier alpha value is -3.19. The van der Waals surface area contributed by atoms with Crippen molar-refractivity contribution >= 4 is 28.4 Å². The third-order valence-electron chi connectivity index (χ3n) is 5.31. The predicted octanol–water partition coefficient (Wildman–Crippen LogP) is 3.43. The number of hydrogen-bond acceptors (Lipinski definition) is 5. The molecule has 0 saturated carbocycles. The number of nitrogens with one attached hydrogen (secondary N) is 1. The molecule has 0 aliphatic carbocycles. The second-order valence-corrected chi connectivity index (χ2v) is 7.82. The lowest BCUT2D eigenvalue weighted by Crippen LogP contribution is -2.33. The van der Waals surface area contributed by atoms with Gasteiger partial charge in [0.1, 0.15) is 17.4 Å². The molecule has 1 aromatic heterocycles. The number of hydrogen-bond donors (Lipinski definition) is 1. The van der Waals surface area contributed by atoms with Gasteiger partial charge >= 0.3 is 0 Å². The number of halogens is 1. The van der Waals surface area contributed by atoms with Crippen LogP contribution in [0.3, 0.4) is 0 Å². The molecule has 1 N–H and O–H groups in total. The van der Waals surface area contributed by atoms with Crippen LogP contribution in [0.15, 0.2) is 41.3 Å². The number of methoxy groups -OCH3 is 2. The highest BCUT2D eigenvalue weighted by molar-refractivity contribution is 6.35. The van der Waals surface area contributed by atoms with E-state index in [4.69, 9.17) is 25.8 Å². The summed E-state index contributed by atoms with van der Waals surface area (Å²) in [5.41, 5.74) is 1.26.